The van der Waals surface area contributed by atoms with Gasteiger partial charge in [0.15, 0.2) is 0 Å². The summed E-state index contributed by atoms with van der Waals surface area (Å²) in [5.74, 6) is 2.39. The third-order valence-electron chi connectivity index (χ3n) is 5.15. The Morgan fingerprint density at radius 1 is 1.29 bits per heavy atom. The molecule has 0 atom stereocenters. The average molecular weight is 380 g/mol. The topological polar surface area (TPSA) is 73.4 Å². The first-order valence-electron chi connectivity index (χ1n) is 9.44. The van der Waals surface area contributed by atoms with Crippen molar-refractivity contribution in [2.75, 3.05) is 0 Å². The predicted molar refractivity (Wildman–Crippen MR) is 103 cm³/mol. The van der Waals surface area contributed by atoms with Crippen molar-refractivity contribution in [3.63, 3.8) is 0 Å². The molecule has 1 fully saturated rings. The van der Waals surface area contributed by atoms with Gasteiger partial charge in [-0.1, -0.05) is 5.16 Å². The molecule has 0 unspecified atom stereocenters. The molecule has 0 N–H and O–H groups in total. The molecule has 7 nitrogen and oxygen atoms in total. The van der Waals surface area contributed by atoms with Gasteiger partial charge in [0.1, 0.15) is 23.9 Å². The molecule has 0 spiro atoms. The van der Waals surface area contributed by atoms with Gasteiger partial charge in [-0.15, -0.1) is 0 Å². The average Bonchev–Trinajstić information content (AvgIpc) is 3.38. The fourth-order valence-corrected chi connectivity index (χ4v) is 3.18. The van der Waals surface area contributed by atoms with E-state index in [-0.39, 0.29) is 5.91 Å². The van der Waals surface area contributed by atoms with E-state index < -0.39 is 0 Å². The molecule has 2 heterocycles. The first-order valence-corrected chi connectivity index (χ1v) is 9.44. The summed E-state index contributed by atoms with van der Waals surface area (Å²) in [6.07, 6.45) is 5.76. The molecule has 4 rings (SSSR count). The zero-order chi connectivity index (χ0) is 19.7. The third-order valence-corrected chi connectivity index (χ3v) is 5.15. The van der Waals surface area contributed by atoms with Crippen molar-refractivity contribution in [1.82, 2.24) is 19.6 Å². The summed E-state index contributed by atoms with van der Waals surface area (Å²) < 4.78 is 12.9. The van der Waals surface area contributed by atoms with Gasteiger partial charge < -0.3 is 18.7 Å². The summed E-state index contributed by atoms with van der Waals surface area (Å²) in [7, 11) is 1.95. The number of aromatic nitrogens is 3. The Morgan fingerprint density at radius 3 is 2.61 bits per heavy atom. The number of aryl methyl sites for hydroxylation is 3. The molecule has 0 radical (unpaired) electrons. The highest BCUT2D eigenvalue weighted by atomic mass is 16.5. The lowest BCUT2D eigenvalue weighted by molar-refractivity contribution is 0.0724. The molecule has 3 aromatic rings. The van der Waals surface area contributed by atoms with E-state index in [0.717, 1.165) is 35.7 Å². The molecule has 146 valence electrons. The summed E-state index contributed by atoms with van der Waals surface area (Å²) in [6.45, 7) is 4.68. The van der Waals surface area contributed by atoms with Crippen LogP contribution in [0.5, 0.6) is 5.75 Å². The molecular formula is C21H24N4O3. The smallest absolute Gasteiger partial charge is 0.254 e. The zero-order valence-corrected chi connectivity index (χ0v) is 16.4. The van der Waals surface area contributed by atoms with Crippen molar-refractivity contribution in [2.45, 2.75) is 45.9 Å². The summed E-state index contributed by atoms with van der Waals surface area (Å²) >= 11 is 0. The van der Waals surface area contributed by atoms with Crippen LogP contribution in [0.25, 0.3) is 0 Å². The number of amides is 1. The van der Waals surface area contributed by atoms with Crippen molar-refractivity contribution in [3.05, 3.63) is 65.1 Å². The zero-order valence-electron chi connectivity index (χ0n) is 16.4. The standard InChI is InChI=1S/C21H24N4O3/c1-14-19(15(2)28-23-14)13-27-18-8-4-16(5-9-18)21(26)25(17-6-7-17)12-20-22-10-11-24(20)3/h4-5,8-11,17H,6-7,12-13H2,1-3H3. The number of carbonyl (C=O) groups is 1. The maximum Gasteiger partial charge on any atom is 0.254 e. The van der Waals surface area contributed by atoms with Gasteiger partial charge in [0.05, 0.1) is 17.8 Å². The Kier molecular flexibility index (Phi) is 4.90. The van der Waals surface area contributed by atoms with Gasteiger partial charge in [0, 0.05) is 31.0 Å². The molecule has 1 aliphatic carbocycles. The van der Waals surface area contributed by atoms with Crippen molar-refractivity contribution < 1.29 is 14.1 Å². The second-order valence-corrected chi connectivity index (χ2v) is 7.23. The Hall–Kier alpha value is -3.09. The van der Waals surface area contributed by atoms with Crippen LogP contribution in [-0.2, 0) is 20.2 Å². The quantitative estimate of drug-likeness (QED) is 0.628. The lowest BCUT2D eigenvalue weighted by Crippen LogP contribution is -2.33. The SMILES string of the molecule is Cc1noc(C)c1COc1ccc(C(=O)N(Cc2nccn2C)C2CC2)cc1. The first kappa shape index (κ1) is 18.3. The second-order valence-electron chi connectivity index (χ2n) is 7.23. The monoisotopic (exact) mass is 380 g/mol. The highest BCUT2D eigenvalue weighted by Crippen LogP contribution is 2.30. The lowest BCUT2D eigenvalue weighted by atomic mass is 10.2. The second kappa shape index (κ2) is 7.50. The van der Waals surface area contributed by atoms with E-state index in [0.29, 0.717) is 30.5 Å². The van der Waals surface area contributed by atoms with Crippen LogP contribution in [0.2, 0.25) is 0 Å². The number of ether oxygens (including phenoxy) is 1. The summed E-state index contributed by atoms with van der Waals surface area (Å²) in [5.41, 5.74) is 2.44. The van der Waals surface area contributed by atoms with Gasteiger partial charge in [0.2, 0.25) is 0 Å². The van der Waals surface area contributed by atoms with E-state index in [1.807, 2.05) is 60.8 Å². The third kappa shape index (κ3) is 3.78. The van der Waals surface area contributed by atoms with Crippen LogP contribution < -0.4 is 4.74 Å². The molecule has 7 heteroatoms. The predicted octanol–water partition coefficient (Wildman–Crippen LogP) is 3.41. The van der Waals surface area contributed by atoms with Crippen LogP contribution in [0.3, 0.4) is 0 Å². The van der Waals surface area contributed by atoms with E-state index in [2.05, 4.69) is 10.1 Å². The Balaban J connectivity index is 1.43. The number of imidazole rings is 1. The van der Waals surface area contributed by atoms with Gasteiger partial charge in [0.25, 0.3) is 5.91 Å². The summed E-state index contributed by atoms with van der Waals surface area (Å²) in [4.78, 5) is 19.3. The number of nitrogens with zero attached hydrogens (tertiary/aromatic N) is 4. The Morgan fingerprint density at radius 2 is 2.04 bits per heavy atom. The molecule has 1 amide bonds. The van der Waals surface area contributed by atoms with Crippen molar-refractivity contribution in [2.24, 2.45) is 7.05 Å². The van der Waals surface area contributed by atoms with E-state index in [1.165, 1.54) is 0 Å². The Labute approximate surface area is 163 Å². The van der Waals surface area contributed by atoms with Crippen molar-refractivity contribution in [1.29, 1.82) is 0 Å². The molecule has 1 saturated carbocycles. The Bertz CT molecular complexity index is 950. The van der Waals surface area contributed by atoms with Crippen molar-refractivity contribution >= 4 is 5.91 Å². The van der Waals surface area contributed by atoms with E-state index in [1.54, 1.807) is 6.20 Å². The van der Waals surface area contributed by atoms with Crippen LogP contribution in [0.1, 0.15) is 46.0 Å². The van der Waals surface area contributed by atoms with Gasteiger partial charge in [-0.3, -0.25) is 4.79 Å². The number of benzene rings is 1. The first-order chi connectivity index (χ1) is 13.5. The summed E-state index contributed by atoms with van der Waals surface area (Å²) in [6, 6.07) is 7.60. The van der Waals surface area contributed by atoms with Gasteiger partial charge in [-0.05, 0) is 51.0 Å². The fraction of sp³-hybridized carbons (Fsp3) is 0.381. The van der Waals surface area contributed by atoms with E-state index >= 15 is 0 Å². The van der Waals surface area contributed by atoms with Gasteiger partial charge in [-0.25, -0.2) is 4.98 Å². The largest absolute Gasteiger partial charge is 0.489 e. The molecule has 0 aliphatic heterocycles. The molecular weight excluding hydrogens is 356 g/mol. The van der Waals surface area contributed by atoms with Crippen LogP contribution in [0.15, 0.2) is 41.2 Å². The summed E-state index contributed by atoms with van der Waals surface area (Å²) in [5, 5.41) is 3.93. The van der Waals surface area contributed by atoms with E-state index in [4.69, 9.17) is 9.26 Å². The van der Waals surface area contributed by atoms with E-state index in [9.17, 15) is 4.79 Å². The van der Waals surface area contributed by atoms with Crippen LogP contribution in [0.4, 0.5) is 0 Å². The maximum absolute atomic E-state index is 13.0. The van der Waals surface area contributed by atoms with Crippen LogP contribution in [-0.4, -0.2) is 31.6 Å². The number of hydrogen-bond donors (Lipinski definition) is 0. The number of carbonyl (C=O) groups excluding carboxylic acids is 1. The molecule has 1 aromatic carbocycles. The number of rotatable bonds is 7. The minimum atomic E-state index is 0.0303. The van der Waals surface area contributed by atoms with Crippen molar-refractivity contribution in [3.8, 4) is 5.75 Å². The van der Waals surface area contributed by atoms with Crippen LogP contribution >= 0.6 is 0 Å². The molecule has 0 saturated heterocycles. The minimum absolute atomic E-state index is 0.0303. The number of hydrogen-bond acceptors (Lipinski definition) is 5. The molecule has 0 bridgehead atoms. The van der Waals surface area contributed by atoms with Crippen LogP contribution in [0, 0.1) is 13.8 Å². The van der Waals surface area contributed by atoms with Gasteiger partial charge >= 0.3 is 0 Å². The molecule has 1 aliphatic rings. The highest BCUT2D eigenvalue weighted by molar-refractivity contribution is 5.94. The highest BCUT2D eigenvalue weighted by Gasteiger charge is 2.33. The lowest BCUT2D eigenvalue weighted by Gasteiger charge is -2.22. The maximum atomic E-state index is 13.0. The molecule has 2 aromatic heterocycles. The minimum Gasteiger partial charge on any atom is -0.489 e. The molecule has 28 heavy (non-hydrogen) atoms. The fourth-order valence-electron chi connectivity index (χ4n) is 3.18. The van der Waals surface area contributed by atoms with Gasteiger partial charge in [-0.2, -0.15) is 0 Å². The normalized spacial score (nSPS) is 13.5.